The van der Waals surface area contributed by atoms with Crippen LogP contribution in [0.2, 0.25) is 0 Å². The van der Waals surface area contributed by atoms with E-state index in [1.807, 2.05) is 55.5 Å². The Balaban J connectivity index is 1.53. The lowest BCUT2D eigenvalue weighted by atomic mass is 9.55. The zero-order valence-corrected chi connectivity index (χ0v) is 34.4. The van der Waals surface area contributed by atoms with E-state index in [1.165, 1.54) is 14.2 Å². The van der Waals surface area contributed by atoms with Gasteiger partial charge < -0.3 is 38.7 Å². The molecule has 2 N–H and O–H groups in total. The van der Waals surface area contributed by atoms with E-state index in [2.05, 4.69) is 17.8 Å². The summed E-state index contributed by atoms with van der Waals surface area (Å²) in [4.78, 5) is 33.6. The van der Waals surface area contributed by atoms with Crippen LogP contribution in [0.4, 0.5) is 4.79 Å². The summed E-state index contributed by atoms with van der Waals surface area (Å²) in [7, 11) is 3.04. The Morgan fingerprint density at radius 1 is 1.00 bits per heavy atom. The Hall–Kier alpha value is -5.17. The Morgan fingerprint density at radius 3 is 2.44 bits per heavy atom. The molecule has 1 fully saturated rings. The molecular formula is C47H58N2O10. The summed E-state index contributed by atoms with van der Waals surface area (Å²) in [5.74, 6) is 0.0446. The molecule has 59 heavy (non-hydrogen) atoms. The van der Waals surface area contributed by atoms with Crippen LogP contribution in [0.1, 0.15) is 85.7 Å². The SMILES string of the molecule is C=CCO[C@@]12Oc3ccc(Oc4ccc(OC)c(C=O)c4)cc3[C@H]3[C@H](CCCCO)[C@@H](CCCCO)C=C(C(=NOC)C[C@@H]1N(CCC)C(=O)OCc1ccccc1)[C@H]32. The first-order valence-corrected chi connectivity index (χ1v) is 20.8. The van der Waals surface area contributed by atoms with Crippen molar-refractivity contribution in [3.05, 3.63) is 108 Å². The number of unbranched alkanes of at least 4 members (excludes halogenated alkanes) is 2. The Kier molecular flexibility index (Phi) is 15.2. The van der Waals surface area contributed by atoms with Crippen LogP contribution in [0.5, 0.6) is 23.0 Å². The molecule has 0 bridgehead atoms. The van der Waals surface area contributed by atoms with Crippen molar-refractivity contribution in [1.82, 2.24) is 4.90 Å². The van der Waals surface area contributed by atoms with Gasteiger partial charge in [0, 0.05) is 37.7 Å². The Bertz CT molecular complexity index is 1950. The largest absolute Gasteiger partial charge is 0.496 e. The van der Waals surface area contributed by atoms with E-state index >= 15 is 0 Å². The number of amides is 1. The second-order valence-electron chi connectivity index (χ2n) is 15.3. The number of aldehydes is 1. The number of carbonyl (C=O) groups is 2. The highest BCUT2D eigenvalue weighted by Crippen LogP contribution is 2.62. The maximum absolute atomic E-state index is 14.4. The van der Waals surface area contributed by atoms with Gasteiger partial charge in [-0.05, 0) is 91.5 Å². The number of oxime groups is 1. The number of ether oxygens (including phenoxy) is 5. The Labute approximate surface area is 347 Å². The first kappa shape index (κ1) is 43.4. The molecule has 0 radical (unpaired) electrons. The van der Waals surface area contributed by atoms with Crippen LogP contribution >= 0.6 is 0 Å². The van der Waals surface area contributed by atoms with Crippen molar-refractivity contribution in [3.63, 3.8) is 0 Å². The van der Waals surface area contributed by atoms with Crippen molar-refractivity contribution in [3.8, 4) is 23.0 Å². The van der Waals surface area contributed by atoms with E-state index < -0.39 is 23.8 Å². The van der Waals surface area contributed by atoms with Gasteiger partial charge in [-0.2, -0.15) is 0 Å². The third-order valence-electron chi connectivity index (χ3n) is 11.7. The van der Waals surface area contributed by atoms with Crippen molar-refractivity contribution in [1.29, 1.82) is 0 Å². The lowest BCUT2D eigenvalue weighted by molar-refractivity contribution is -0.255. The van der Waals surface area contributed by atoms with Crippen LogP contribution in [0.3, 0.4) is 0 Å². The fourth-order valence-corrected chi connectivity index (χ4v) is 9.24. The monoisotopic (exact) mass is 810 g/mol. The summed E-state index contributed by atoms with van der Waals surface area (Å²) >= 11 is 0. The van der Waals surface area contributed by atoms with E-state index in [9.17, 15) is 19.8 Å². The van der Waals surface area contributed by atoms with E-state index in [1.54, 1.807) is 29.2 Å². The number of hydrogen-bond donors (Lipinski definition) is 2. The summed E-state index contributed by atoms with van der Waals surface area (Å²) in [5, 5.41) is 24.4. The molecule has 3 aromatic carbocycles. The maximum atomic E-state index is 14.4. The number of aliphatic hydroxyl groups is 2. The quantitative estimate of drug-likeness (QED) is 0.0464. The average molecular weight is 811 g/mol. The predicted molar refractivity (Wildman–Crippen MR) is 224 cm³/mol. The van der Waals surface area contributed by atoms with Crippen molar-refractivity contribution >= 4 is 18.1 Å². The van der Waals surface area contributed by atoms with Gasteiger partial charge >= 0.3 is 6.09 Å². The minimum atomic E-state index is -1.41. The smallest absolute Gasteiger partial charge is 0.410 e. The van der Waals surface area contributed by atoms with Crippen LogP contribution < -0.4 is 14.2 Å². The molecule has 1 heterocycles. The highest BCUT2D eigenvalue weighted by Gasteiger charge is 2.65. The number of allylic oxidation sites excluding steroid dienone is 1. The number of aliphatic hydroxyl groups excluding tert-OH is 2. The van der Waals surface area contributed by atoms with E-state index in [0.29, 0.717) is 60.1 Å². The molecule has 2 aliphatic carbocycles. The number of carbonyl (C=O) groups excluding carboxylic acids is 2. The van der Waals surface area contributed by atoms with Gasteiger partial charge in [-0.25, -0.2) is 4.79 Å². The number of nitrogens with zero attached hydrogens (tertiary/aromatic N) is 2. The van der Waals surface area contributed by atoms with Crippen LogP contribution in [0, 0.1) is 17.8 Å². The van der Waals surface area contributed by atoms with Crippen molar-refractivity contribution in [2.75, 3.05) is 40.6 Å². The highest BCUT2D eigenvalue weighted by molar-refractivity contribution is 6.03. The molecular weight excluding hydrogens is 753 g/mol. The fraction of sp³-hybridized carbons (Fsp3) is 0.468. The number of rotatable bonds is 21. The van der Waals surface area contributed by atoms with E-state index in [4.69, 9.17) is 28.5 Å². The second-order valence-corrected chi connectivity index (χ2v) is 15.3. The predicted octanol–water partition coefficient (Wildman–Crippen LogP) is 8.61. The number of methoxy groups -OCH3 is 1. The molecule has 6 atom stereocenters. The second kappa shape index (κ2) is 20.7. The van der Waals surface area contributed by atoms with Crippen LogP contribution in [0.25, 0.3) is 0 Å². The molecule has 3 aliphatic rings. The Morgan fingerprint density at radius 2 is 1.75 bits per heavy atom. The topological polar surface area (TPSA) is 146 Å². The van der Waals surface area contributed by atoms with Gasteiger partial charge in [0.05, 0.1) is 30.9 Å². The summed E-state index contributed by atoms with van der Waals surface area (Å²) in [6, 6.07) is 19.7. The van der Waals surface area contributed by atoms with Gasteiger partial charge in [0.15, 0.2) is 6.29 Å². The molecule has 3 aromatic rings. The molecule has 1 amide bonds. The number of hydrogen-bond acceptors (Lipinski definition) is 11. The van der Waals surface area contributed by atoms with Crippen molar-refractivity contribution < 1.29 is 48.3 Å². The van der Waals surface area contributed by atoms with Crippen LogP contribution in [-0.2, 0) is 20.9 Å². The molecule has 12 nitrogen and oxygen atoms in total. The maximum Gasteiger partial charge on any atom is 0.410 e. The number of fused-ring (bicyclic) bond motifs is 2. The molecule has 0 spiro atoms. The molecule has 6 rings (SSSR count). The lowest BCUT2D eigenvalue weighted by Gasteiger charge is -2.59. The fourth-order valence-electron chi connectivity index (χ4n) is 9.24. The van der Waals surface area contributed by atoms with Gasteiger partial charge in [0.1, 0.15) is 42.8 Å². The molecule has 0 saturated heterocycles. The molecule has 0 unspecified atom stereocenters. The number of benzene rings is 3. The zero-order chi connectivity index (χ0) is 41.8. The first-order chi connectivity index (χ1) is 28.9. The van der Waals surface area contributed by atoms with E-state index in [0.717, 1.165) is 48.7 Å². The summed E-state index contributed by atoms with van der Waals surface area (Å²) in [6.07, 6.45) is 9.67. The minimum Gasteiger partial charge on any atom is -0.496 e. The van der Waals surface area contributed by atoms with E-state index in [-0.39, 0.29) is 50.6 Å². The zero-order valence-electron chi connectivity index (χ0n) is 34.4. The molecule has 12 heteroatoms. The van der Waals surface area contributed by atoms with Crippen molar-refractivity contribution in [2.45, 2.75) is 82.6 Å². The normalized spacial score (nSPS) is 23.5. The van der Waals surface area contributed by atoms with Gasteiger partial charge in [-0.3, -0.25) is 9.69 Å². The van der Waals surface area contributed by atoms with Crippen LogP contribution in [-0.4, -0.2) is 85.6 Å². The summed E-state index contributed by atoms with van der Waals surface area (Å²) < 4.78 is 32.1. The van der Waals surface area contributed by atoms with Crippen molar-refractivity contribution in [2.24, 2.45) is 22.9 Å². The summed E-state index contributed by atoms with van der Waals surface area (Å²) in [5.41, 5.74) is 3.77. The summed E-state index contributed by atoms with van der Waals surface area (Å²) in [6.45, 7) is 6.81. The van der Waals surface area contributed by atoms with Gasteiger partial charge in [0.2, 0.25) is 5.79 Å². The van der Waals surface area contributed by atoms with Crippen LogP contribution in [0.15, 0.2) is 96.2 Å². The minimum absolute atomic E-state index is 0.0356. The third kappa shape index (κ3) is 9.51. The molecule has 1 saturated carbocycles. The molecule has 1 aliphatic heterocycles. The lowest BCUT2D eigenvalue weighted by Crippen LogP contribution is -2.70. The average Bonchev–Trinajstić information content (AvgIpc) is 3.26. The molecule has 316 valence electrons. The standard InChI is InChI=1S/C47H58N2O10/c1-5-22-49(46(53)56-31-32-14-8-7-9-15-32)43-29-40(48-55-4)38-27-33(16-10-12-23-50)37(17-11-13-24-51)44-39-28-36(58-35-18-20-41(54-3)34(26-35)30-52)19-21-42(39)59-47(43,45(38)44)57-25-6-2/h6-9,14-15,18-21,26-28,30,33,37,43-45,50-51H,2,5,10-13,16-17,22-25,29,31H2,1,3-4H3/t33-,37+,43-,44+,45+,47+/m0/s1. The third-order valence-corrected chi connectivity index (χ3v) is 11.7. The van der Waals surface area contributed by atoms with Gasteiger partial charge in [-0.15, -0.1) is 6.58 Å². The highest BCUT2D eigenvalue weighted by atomic mass is 16.7. The van der Waals surface area contributed by atoms with Gasteiger partial charge in [-0.1, -0.05) is 67.4 Å². The van der Waals surface area contributed by atoms with Gasteiger partial charge in [0.25, 0.3) is 0 Å². The molecule has 0 aromatic heterocycles. The first-order valence-electron chi connectivity index (χ1n) is 20.8.